The molecule has 1 aromatic carbocycles. The van der Waals surface area contributed by atoms with Crippen molar-refractivity contribution in [3.05, 3.63) is 59.5 Å². The van der Waals surface area contributed by atoms with Crippen LogP contribution in [0, 0.1) is 23.2 Å². The highest BCUT2D eigenvalue weighted by Crippen LogP contribution is 2.66. The molecule has 1 heterocycles. The minimum absolute atomic E-state index is 0.0676. The highest BCUT2D eigenvalue weighted by Gasteiger charge is 2.64. The highest BCUT2D eigenvalue weighted by atomic mass is 16.5. The van der Waals surface area contributed by atoms with Crippen molar-refractivity contribution in [2.75, 3.05) is 0 Å². The summed E-state index contributed by atoms with van der Waals surface area (Å²) in [7, 11) is 0. The summed E-state index contributed by atoms with van der Waals surface area (Å²) >= 11 is 0. The van der Waals surface area contributed by atoms with Crippen LogP contribution >= 0.6 is 0 Å². The van der Waals surface area contributed by atoms with Crippen LogP contribution in [0.2, 0.25) is 0 Å². The predicted octanol–water partition coefficient (Wildman–Crippen LogP) is 5.13. The van der Waals surface area contributed by atoms with Crippen molar-refractivity contribution in [2.45, 2.75) is 51.6 Å². The van der Waals surface area contributed by atoms with Crippen LogP contribution in [0.5, 0.6) is 0 Å². The number of hydrogen-bond acceptors (Lipinski definition) is 3. The number of hydrogen-bond donors (Lipinski definition) is 0. The first-order valence-corrected chi connectivity index (χ1v) is 10.0. The van der Waals surface area contributed by atoms with E-state index in [1.807, 2.05) is 24.3 Å². The van der Waals surface area contributed by atoms with E-state index in [2.05, 4.69) is 12.1 Å². The molecule has 3 nitrogen and oxygen atoms in total. The summed E-state index contributed by atoms with van der Waals surface area (Å²) in [5, 5.41) is 0. The number of ether oxygens (including phenoxy) is 1. The monoisotopic (exact) mass is 350 g/mol. The molecule has 0 N–H and O–H groups in total. The Morgan fingerprint density at radius 2 is 2.04 bits per heavy atom. The van der Waals surface area contributed by atoms with E-state index in [0.717, 1.165) is 30.1 Å². The molecule has 5 rings (SSSR count). The van der Waals surface area contributed by atoms with Crippen LogP contribution in [-0.2, 0) is 22.6 Å². The molecule has 2 aromatic rings. The number of benzene rings is 1. The van der Waals surface area contributed by atoms with Gasteiger partial charge in [0.15, 0.2) is 0 Å². The smallest absolute Gasteiger partial charge is 0.312 e. The molecule has 136 valence electrons. The summed E-state index contributed by atoms with van der Waals surface area (Å²) in [5.41, 5.74) is 2.03. The number of fused-ring (bicyclic) bond motifs is 5. The molecule has 4 atom stereocenters. The minimum Gasteiger partial charge on any atom is -0.469 e. The van der Waals surface area contributed by atoms with Gasteiger partial charge in [-0.15, -0.1) is 0 Å². The molecule has 0 radical (unpaired) electrons. The Balaban J connectivity index is 1.24. The topological polar surface area (TPSA) is 39.4 Å². The van der Waals surface area contributed by atoms with Gasteiger partial charge in [0, 0.05) is 12.0 Å². The Bertz CT molecular complexity index is 793. The van der Waals surface area contributed by atoms with Crippen molar-refractivity contribution in [1.29, 1.82) is 0 Å². The summed E-state index contributed by atoms with van der Waals surface area (Å²) in [6.45, 7) is 0.336. The summed E-state index contributed by atoms with van der Waals surface area (Å²) in [6.07, 6.45) is 9.77. The summed E-state index contributed by atoms with van der Waals surface area (Å²) in [4.78, 5) is 13.1. The van der Waals surface area contributed by atoms with Gasteiger partial charge < -0.3 is 9.15 Å². The maximum Gasteiger partial charge on any atom is 0.312 e. The number of carbonyl (C=O) groups excluding carboxylic acids is 1. The molecule has 0 saturated heterocycles. The lowest BCUT2D eigenvalue weighted by Crippen LogP contribution is -2.41. The Morgan fingerprint density at radius 1 is 1.15 bits per heavy atom. The van der Waals surface area contributed by atoms with Crippen molar-refractivity contribution >= 4 is 5.97 Å². The fraction of sp³-hybridized carbons (Fsp3) is 0.522. The molecule has 1 aromatic heterocycles. The lowest BCUT2D eigenvalue weighted by atomic mass is 9.68. The maximum absolute atomic E-state index is 13.1. The van der Waals surface area contributed by atoms with E-state index in [-0.39, 0.29) is 11.4 Å². The minimum atomic E-state index is -0.153. The standard InChI is InChI=1S/C23H26O3/c24-22(23-10-4-7-21(23)18-8-9-19(23)13-18)26-15-17-12-20(25-14-17)11-16-5-2-1-3-6-16/h1-3,5-6,12,14,18-19,21H,4,7-11,13,15H2. The summed E-state index contributed by atoms with van der Waals surface area (Å²) < 4.78 is 11.5. The second kappa shape index (κ2) is 6.29. The fourth-order valence-electron chi connectivity index (χ4n) is 6.17. The first kappa shape index (κ1) is 16.2. The molecular weight excluding hydrogens is 324 g/mol. The Kier molecular flexibility index (Phi) is 3.91. The van der Waals surface area contributed by atoms with Crippen LogP contribution in [0.15, 0.2) is 47.1 Å². The van der Waals surface area contributed by atoms with E-state index in [1.54, 1.807) is 6.26 Å². The van der Waals surface area contributed by atoms with E-state index >= 15 is 0 Å². The quantitative estimate of drug-likeness (QED) is 0.702. The number of furan rings is 1. The average molecular weight is 350 g/mol. The lowest BCUT2D eigenvalue weighted by Gasteiger charge is -2.36. The van der Waals surface area contributed by atoms with Crippen molar-refractivity contribution in [3.8, 4) is 0 Å². The van der Waals surface area contributed by atoms with Gasteiger partial charge in [-0.3, -0.25) is 4.79 Å². The van der Waals surface area contributed by atoms with Gasteiger partial charge in [-0.05, 0) is 61.5 Å². The number of carbonyl (C=O) groups is 1. The van der Waals surface area contributed by atoms with Crippen molar-refractivity contribution < 1.29 is 13.9 Å². The van der Waals surface area contributed by atoms with E-state index in [4.69, 9.17) is 9.15 Å². The third-order valence-electron chi connectivity index (χ3n) is 7.22. The maximum atomic E-state index is 13.1. The highest BCUT2D eigenvalue weighted by molar-refractivity contribution is 5.79. The van der Waals surface area contributed by atoms with Crippen LogP contribution in [0.25, 0.3) is 0 Å². The van der Waals surface area contributed by atoms with Gasteiger partial charge in [0.25, 0.3) is 0 Å². The molecular formula is C23H26O3. The molecule has 3 aliphatic rings. The van der Waals surface area contributed by atoms with Gasteiger partial charge in [-0.2, -0.15) is 0 Å². The third kappa shape index (κ3) is 2.52. The molecule has 3 saturated carbocycles. The largest absolute Gasteiger partial charge is 0.469 e. The molecule has 0 amide bonds. The van der Waals surface area contributed by atoms with Gasteiger partial charge >= 0.3 is 5.97 Å². The van der Waals surface area contributed by atoms with E-state index in [1.165, 1.54) is 37.7 Å². The Hall–Kier alpha value is -2.03. The SMILES string of the molecule is O=C(OCc1coc(Cc2ccccc2)c1)C12CCCC1C1CCC2C1. The normalized spacial score (nSPS) is 31.9. The molecule has 2 bridgehead atoms. The molecule has 26 heavy (non-hydrogen) atoms. The molecule has 3 aliphatic carbocycles. The summed E-state index contributed by atoms with van der Waals surface area (Å²) in [5.74, 6) is 2.93. The first-order valence-electron chi connectivity index (χ1n) is 10.0. The predicted molar refractivity (Wildman–Crippen MR) is 98.4 cm³/mol. The Labute approximate surface area is 154 Å². The van der Waals surface area contributed by atoms with Gasteiger partial charge in [0.1, 0.15) is 12.4 Å². The van der Waals surface area contributed by atoms with Crippen molar-refractivity contribution in [2.24, 2.45) is 23.2 Å². The zero-order chi connectivity index (χ0) is 17.6. The zero-order valence-corrected chi connectivity index (χ0v) is 15.2. The summed E-state index contributed by atoms with van der Waals surface area (Å²) in [6, 6.07) is 12.3. The average Bonchev–Trinajstić information content (AvgIpc) is 3.42. The van der Waals surface area contributed by atoms with Gasteiger partial charge in [0.05, 0.1) is 11.7 Å². The van der Waals surface area contributed by atoms with E-state index in [0.29, 0.717) is 18.4 Å². The van der Waals surface area contributed by atoms with Gasteiger partial charge in [-0.25, -0.2) is 0 Å². The van der Waals surface area contributed by atoms with Crippen molar-refractivity contribution in [3.63, 3.8) is 0 Å². The third-order valence-corrected chi connectivity index (χ3v) is 7.22. The second-order valence-electron chi connectivity index (χ2n) is 8.47. The Morgan fingerprint density at radius 3 is 2.92 bits per heavy atom. The lowest BCUT2D eigenvalue weighted by molar-refractivity contribution is -0.163. The van der Waals surface area contributed by atoms with Crippen molar-refractivity contribution in [1.82, 2.24) is 0 Å². The number of rotatable bonds is 5. The van der Waals surface area contributed by atoms with Crippen LogP contribution in [0.1, 0.15) is 55.4 Å². The molecule has 4 unspecified atom stereocenters. The van der Waals surface area contributed by atoms with Crippen LogP contribution in [-0.4, -0.2) is 5.97 Å². The van der Waals surface area contributed by atoms with Gasteiger partial charge in [-0.1, -0.05) is 36.8 Å². The van der Waals surface area contributed by atoms with Gasteiger partial charge in [0.2, 0.25) is 0 Å². The van der Waals surface area contributed by atoms with E-state index in [9.17, 15) is 4.79 Å². The fourth-order valence-corrected chi connectivity index (χ4v) is 6.17. The molecule has 0 spiro atoms. The molecule has 3 fully saturated rings. The van der Waals surface area contributed by atoms with E-state index < -0.39 is 0 Å². The number of esters is 1. The van der Waals surface area contributed by atoms with Crippen LogP contribution in [0.3, 0.4) is 0 Å². The zero-order valence-electron chi connectivity index (χ0n) is 15.2. The second-order valence-corrected chi connectivity index (χ2v) is 8.47. The van der Waals surface area contributed by atoms with Crippen LogP contribution < -0.4 is 0 Å². The molecule has 0 aliphatic heterocycles. The first-order chi connectivity index (χ1) is 12.8. The van der Waals surface area contributed by atoms with Crippen LogP contribution in [0.4, 0.5) is 0 Å². The molecule has 3 heteroatoms.